The molecule has 0 aliphatic carbocycles. The number of aromatic nitrogens is 3. The van der Waals surface area contributed by atoms with Crippen molar-refractivity contribution in [2.75, 3.05) is 5.73 Å². The smallest absolute Gasteiger partial charge is 0.188 e. The molecular weight excluding hydrogens is 210 g/mol. The topological polar surface area (TPSA) is 91.4 Å². The van der Waals surface area contributed by atoms with Gasteiger partial charge in [0.2, 0.25) is 0 Å². The predicted octanol–water partition coefficient (Wildman–Crippen LogP) is 1.41. The van der Waals surface area contributed by atoms with Crippen LogP contribution < -0.4 is 5.73 Å². The highest BCUT2D eigenvalue weighted by molar-refractivity contribution is 7.99. The van der Waals surface area contributed by atoms with E-state index in [1.807, 2.05) is 12.1 Å². The van der Waals surface area contributed by atoms with E-state index < -0.39 is 0 Å². The van der Waals surface area contributed by atoms with Gasteiger partial charge < -0.3 is 5.73 Å². The van der Waals surface area contributed by atoms with E-state index in [-0.39, 0.29) is 0 Å². The van der Waals surface area contributed by atoms with E-state index in [2.05, 4.69) is 15.2 Å². The van der Waals surface area contributed by atoms with E-state index in [1.54, 1.807) is 12.1 Å². The molecule has 0 saturated carbocycles. The summed E-state index contributed by atoms with van der Waals surface area (Å²) in [5, 5.41) is 15.9. The average molecular weight is 217 g/mol. The third-order valence-electron chi connectivity index (χ3n) is 1.79. The zero-order chi connectivity index (χ0) is 10.7. The molecule has 1 heterocycles. The second-order valence-electron chi connectivity index (χ2n) is 2.72. The zero-order valence-electron chi connectivity index (χ0n) is 7.64. The summed E-state index contributed by atoms with van der Waals surface area (Å²) in [4.78, 5) is 4.76. The molecule has 0 spiro atoms. The number of nitrogens with two attached hydrogens (primary N) is 1. The van der Waals surface area contributed by atoms with Gasteiger partial charge in [-0.2, -0.15) is 10.4 Å². The Labute approximate surface area is 90.3 Å². The Morgan fingerprint density at radius 2 is 2.33 bits per heavy atom. The quantitative estimate of drug-likeness (QED) is 0.742. The van der Waals surface area contributed by atoms with Crippen molar-refractivity contribution in [1.82, 2.24) is 15.2 Å². The van der Waals surface area contributed by atoms with Crippen LogP contribution in [-0.2, 0) is 0 Å². The van der Waals surface area contributed by atoms with Crippen molar-refractivity contribution >= 4 is 17.4 Å². The lowest BCUT2D eigenvalue weighted by Crippen LogP contribution is -1.92. The standard InChI is InChI=1S/C9H7N5S/c10-4-6-2-1-3-7(8(6)11)15-9-12-5-13-14-9/h1-3,5H,11H2,(H,12,13,14). The molecule has 1 aromatic carbocycles. The van der Waals surface area contributed by atoms with Crippen LogP contribution in [0, 0.1) is 11.3 Å². The lowest BCUT2D eigenvalue weighted by molar-refractivity contribution is 0.973. The van der Waals surface area contributed by atoms with E-state index in [9.17, 15) is 0 Å². The van der Waals surface area contributed by atoms with Gasteiger partial charge in [-0.1, -0.05) is 6.07 Å². The molecule has 0 amide bonds. The third kappa shape index (κ3) is 1.92. The number of aromatic amines is 1. The van der Waals surface area contributed by atoms with Crippen molar-refractivity contribution in [2.45, 2.75) is 10.1 Å². The number of nitrogens with zero attached hydrogens (tertiary/aromatic N) is 3. The van der Waals surface area contributed by atoms with Crippen LogP contribution in [0.5, 0.6) is 0 Å². The molecule has 74 valence electrons. The Bertz CT molecular complexity index is 500. The Hall–Kier alpha value is -2.00. The Kier molecular flexibility index (Phi) is 2.56. The van der Waals surface area contributed by atoms with Gasteiger partial charge in [-0.05, 0) is 23.9 Å². The number of hydrogen-bond acceptors (Lipinski definition) is 5. The van der Waals surface area contributed by atoms with Crippen LogP contribution in [0.2, 0.25) is 0 Å². The van der Waals surface area contributed by atoms with Crippen molar-refractivity contribution in [3.63, 3.8) is 0 Å². The fourth-order valence-electron chi connectivity index (χ4n) is 1.08. The molecule has 0 saturated heterocycles. The zero-order valence-corrected chi connectivity index (χ0v) is 8.45. The monoisotopic (exact) mass is 217 g/mol. The largest absolute Gasteiger partial charge is 0.397 e. The molecule has 0 aliphatic heterocycles. The Morgan fingerprint density at radius 3 is 3.00 bits per heavy atom. The molecule has 2 aromatic rings. The first-order valence-electron chi connectivity index (χ1n) is 4.13. The number of hydrogen-bond donors (Lipinski definition) is 2. The summed E-state index contributed by atoms with van der Waals surface area (Å²) in [6.45, 7) is 0. The molecule has 0 unspecified atom stereocenters. The van der Waals surface area contributed by atoms with Gasteiger partial charge in [0.05, 0.1) is 11.3 Å². The van der Waals surface area contributed by atoms with Gasteiger partial charge in [0, 0.05) is 4.90 Å². The first-order valence-corrected chi connectivity index (χ1v) is 4.94. The summed E-state index contributed by atoms with van der Waals surface area (Å²) in [5.41, 5.74) is 6.75. The molecule has 3 N–H and O–H groups in total. The maximum Gasteiger partial charge on any atom is 0.188 e. The molecule has 0 bridgehead atoms. The Balaban J connectivity index is 2.34. The minimum Gasteiger partial charge on any atom is -0.397 e. The van der Waals surface area contributed by atoms with E-state index in [1.165, 1.54) is 18.1 Å². The molecule has 2 rings (SSSR count). The number of rotatable bonds is 2. The van der Waals surface area contributed by atoms with Crippen LogP contribution >= 0.6 is 11.8 Å². The van der Waals surface area contributed by atoms with Crippen molar-refractivity contribution in [2.24, 2.45) is 0 Å². The molecule has 0 atom stereocenters. The second kappa shape index (κ2) is 4.02. The highest BCUT2D eigenvalue weighted by atomic mass is 32.2. The van der Waals surface area contributed by atoms with Crippen molar-refractivity contribution in [3.05, 3.63) is 30.1 Å². The van der Waals surface area contributed by atoms with Gasteiger partial charge in [0.25, 0.3) is 0 Å². The van der Waals surface area contributed by atoms with Crippen molar-refractivity contribution < 1.29 is 0 Å². The second-order valence-corrected chi connectivity index (χ2v) is 3.75. The van der Waals surface area contributed by atoms with E-state index >= 15 is 0 Å². The minimum atomic E-state index is 0.472. The summed E-state index contributed by atoms with van der Waals surface area (Å²) in [6.07, 6.45) is 1.42. The summed E-state index contributed by atoms with van der Waals surface area (Å²) in [7, 11) is 0. The number of anilines is 1. The number of benzene rings is 1. The van der Waals surface area contributed by atoms with Crippen LogP contribution in [0.4, 0.5) is 5.69 Å². The predicted molar refractivity (Wildman–Crippen MR) is 56.1 cm³/mol. The Morgan fingerprint density at radius 1 is 1.47 bits per heavy atom. The molecule has 5 nitrogen and oxygen atoms in total. The third-order valence-corrected chi connectivity index (χ3v) is 2.75. The molecular formula is C9H7N5S. The van der Waals surface area contributed by atoms with Gasteiger partial charge >= 0.3 is 0 Å². The molecule has 1 aromatic heterocycles. The fourth-order valence-corrected chi connectivity index (χ4v) is 1.85. The number of nitrogens with one attached hydrogen (secondary N) is 1. The van der Waals surface area contributed by atoms with E-state index in [0.29, 0.717) is 16.4 Å². The van der Waals surface area contributed by atoms with E-state index in [4.69, 9.17) is 11.0 Å². The van der Waals surface area contributed by atoms with Crippen molar-refractivity contribution in [3.8, 4) is 6.07 Å². The maximum atomic E-state index is 8.79. The molecule has 15 heavy (non-hydrogen) atoms. The molecule has 0 radical (unpaired) electrons. The van der Waals surface area contributed by atoms with Crippen LogP contribution in [0.25, 0.3) is 0 Å². The first-order chi connectivity index (χ1) is 7.31. The lowest BCUT2D eigenvalue weighted by Gasteiger charge is -2.03. The normalized spacial score (nSPS) is 9.80. The van der Waals surface area contributed by atoms with Gasteiger partial charge in [-0.25, -0.2) is 4.98 Å². The fraction of sp³-hybridized carbons (Fsp3) is 0. The molecule has 0 fully saturated rings. The van der Waals surface area contributed by atoms with E-state index in [0.717, 1.165) is 4.90 Å². The SMILES string of the molecule is N#Cc1cccc(Sc2ncn[nH]2)c1N. The summed E-state index contributed by atoms with van der Waals surface area (Å²) in [6, 6.07) is 7.33. The summed E-state index contributed by atoms with van der Waals surface area (Å²) in [5.74, 6) is 0. The minimum absolute atomic E-state index is 0.472. The van der Waals surface area contributed by atoms with Gasteiger partial charge in [0.1, 0.15) is 12.4 Å². The lowest BCUT2D eigenvalue weighted by atomic mass is 10.2. The average Bonchev–Trinajstić information content (AvgIpc) is 2.74. The number of nitriles is 1. The highest BCUT2D eigenvalue weighted by Crippen LogP contribution is 2.30. The number of H-pyrrole nitrogens is 1. The van der Waals surface area contributed by atoms with Crippen LogP contribution in [0.3, 0.4) is 0 Å². The number of nitrogen functional groups attached to an aromatic ring is 1. The van der Waals surface area contributed by atoms with Crippen LogP contribution in [-0.4, -0.2) is 15.2 Å². The molecule has 6 heteroatoms. The first kappa shape index (κ1) is 9.55. The van der Waals surface area contributed by atoms with Gasteiger partial charge in [0.15, 0.2) is 5.16 Å². The van der Waals surface area contributed by atoms with Crippen LogP contribution in [0.15, 0.2) is 34.6 Å². The maximum absolute atomic E-state index is 8.79. The van der Waals surface area contributed by atoms with Crippen molar-refractivity contribution in [1.29, 1.82) is 5.26 Å². The van der Waals surface area contributed by atoms with Gasteiger partial charge in [-0.15, -0.1) is 0 Å². The molecule has 0 aliphatic rings. The number of para-hydroxylation sites is 1. The summed E-state index contributed by atoms with van der Waals surface area (Å²) >= 11 is 1.35. The summed E-state index contributed by atoms with van der Waals surface area (Å²) < 4.78 is 0. The highest BCUT2D eigenvalue weighted by Gasteiger charge is 2.07. The van der Waals surface area contributed by atoms with Crippen LogP contribution in [0.1, 0.15) is 5.56 Å². The van der Waals surface area contributed by atoms with Gasteiger partial charge in [-0.3, -0.25) is 5.10 Å².